The average Bonchev–Trinajstić information content (AvgIpc) is 3.31. The van der Waals surface area contributed by atoms with E-state index in [1.54, 1.807) is 49.1 Å². The summed E-state index contributed by atoms with van der Waals surface area (Å²) >= 11 is 0. The number of aromatic nitrogens is 10. The number of nitrogens with zero attached hydrogens (tertiary/aromatic N) is 10. The Morgan fingerprint density at radius 2 is 0.806 bits per heavy atom. The third-order valence-corrected chi connectivity index (χ3v) is 2.51. The average molecular weight is 502 g/mol. The molecule has 31 heavy (non-hydrogen) atoms. The van der Waals surface area contributed by atoms with Gasteiger partial charge in [0.2, 0.25) is 0 Å². The molecule has 4 rings (SSSR count). The Morgan fingerprint density at radius 1 is 0.516 bits per heavy atom. The topological polar surface area (TPSA) is 386 Å². The van der Waals surface area contributed by atoms with Crippen molar-refractivity contribution in [1.29, 1.82) is 0 Å². The van der Waals surface area contributed by atoms with Gasteiger partial charge in [0.1, 0.15) is 0 Å². The van der Waals surface area contributed by atoms with Gasteiger partial charge in [-0.1, -0.05) is 0 Å². The molecule has 1 radical (unpaired) electrons. The minimum absolute atomic E-state index is 0. The van der Waals surface area contributed by atoms with Crippen LogP contribution in [0.25, 0.3) is 22.8 Å². The first-order chi connectivity index (χ1) is 10.9. The molecule has 0 saturated carbocycles. The molecule has 0 aromatic carbocycles. The van der Waals surface area contributed by atoms with E-state index in [1.807, 2.05) is 0 Å². The maximum absolute atomic E-state index is 3.86. The maximum atomic E-state index is 3.86. The number of tetrazole rings is 2. The molecule has 181 valence electrons. The van der Waals surface area contributed by atoms with Crippen molar-refractivity contribution in [2.45, 2.75) is 0 Å². The van der Waals surface area contributed by atoms with Crippen LogP contribution in [-0.4, -0.2) is 73.9 Å². The minimum Gasteiger partial charge on any atom is -0.457 e. The number of hydrogen-bond acceptors (Lipinski definition) is 8. The van der Waals surface area contributed by atoms with Gasteiger partial charge in [-0.2, -0.15) is 10.4 Å². The van der Waals surface area contributed by atoms with Crippen LogP contribution in [0.4, 0.5) is 0 Å². The van der Waals surface area contributed by atoms with E-state index in [0.29, 0.717) is 11.6 Å². The van der Waals surface area contributed by atoms with Crippen LogP contribution in [0, 0.1) is 0 Å². The molecule has 4 aromatic heterocycles. The van der Waals surface area contributed by atoms with Gasteiger partial charge >= 0.3 is 17.1 Å². The molecule has 0 aliphatic heterocycles. The summed E-state index contributed by atoms with van der Waals surface area (Å²) in [6.45, 7) is 0. The monoisotopic (exact) mass is 501 g/mol. The van der Waals surface area contributed by atoms with Crippen molar-refractivity contribution >= 4 is 0 Å². The molecule has 18 nitrogen and oxygen atoms in total. The van der Waals surface area contributed by atoms with E-state index in [2.05, 4.69) is 51.2 Å². The molecule has 4 heterocycles. The second-order valence-electron chi connectivity index (χ2n) is 3.88. The van der Waals surface area contributed by atoms with Crippen LogP contribution in [-0.2, 0) is 28.0 Å². The van der Waals surface area contributed by atoms with Gasteiger partial charge in [0.05, 0.1) is 0 Å². The zero-order chi connectivity index (χ0) is 15.0. The van der Waals surface area contributed by atoms with E-state index in [0.717, 1.165) is 11.1 Å². The van der Waals surface area contributed by atoms with E-state index >= 15 is 0 Å². The summed E-state index contributed by atoms with van der Waals surface area (Å²) in [5.41, 5.74) is 1.76. The second-order valence-corrected chi connectivity index (χ2v) is 3.88. The van der Waals surface area contributed by atoms with Gasteiger partial charge in [0.15, 0.2) is 0 Å². The third-order valence-electron chi connectivity index (χ3n) is 2.51. The third kappa shape index (κ3) is 13.5. The van der Waals surface area contributed by atoms with E-state index < -0.39 is 0 Å². The van der Waals surface area contributed by atoms with Gasteiger partial charge in [-0.05, 0) is 35.4 Å². The first-order valence-corrected chi connectivity index (χ1v) is 6.12. The first-order valence-electron chi connectivity index (χ1n) is 6.12. The zero-order valence-electron chi connectivity index (χ0n) is 15.5. The Bertz CT molecular complexity index is 729. The van der Waals surface area contributed by atoms with Crippen LogP contribution in [0.1, 0.15) is 0 Å². The van der Waals surface area contributed by atoms with E-state index in [-0.39, 0.29) is 60.9 Å². The largest absolute Gasteiger partial charge is 2.00 e. The zero-order valence-corrected chi connectivity index (χ0v) is 16.5. The fourth-order valence-electron chi connectivity index (χ4n) is 1.52. The van der Waals surface area contributed by atoms with Gasteiger partial charge in [0, 0.05) is 36.4 Å². The van der Waals surface area contributed by atoms with E-state index in [4.69, 9.17) is 0 Å². The molecule has 0 atom stereocenters. The molecule has 19 heteroatoms. The molecule has 0 spiro atoms. The summed E-state index contributed by atoms with van der Waals surface area (Å²) in [5.74, 6) is 1.07. The maximum Gasteiger partial charge on any atom is 2.00 e. The second kappa shape index (κ2) is 24.7. The Balaban J connectivity index is -0.0000000576. The van der Waals surface area contributed by atoms with Crippen molar-refractivity contribution in [2.75, 3.05) is 0 Å². The smallest absolute Gasteiger partial charge is 0.457 e. The summed E-state index contributed by atoms with van der Waals surface area (Å²) in [4.78, 5) is 7.72. The summed E-state index contributed by atoms with van der Waals surface area (Å²) in [6, 6.07) is 7.22. The van der Waals surface area contributed by atoms with E-state index in [9.17, 15) is 0 Å². The molecule has 4 aromatic rings. The molecule has 0 bridgehead atoms. The molecule has 0 aliphatic rings. The van der Waals surface area contributed by atoms with Gasteiger partial charge < -0.3 is 54.0 Å². The minimum atomic E-state index is 0. The SMILES string of the molecule is O.O.O.O.O.O.[Cu+2].[OH3+].[OH3+].c1cc(-c2nnn[n-]2)ccn1.c1cc(-c2nnn[n-]2)ccn1. The molecule has 0 aliphatic carbocycles. The first kappa shape index (κ1) is 46.0. The van der Waals surface area contributed by atoms with Gasteiger partial charge in [-0.25, -0.2) is 0 Å². The van der Waals surface area contributed by atoms with Crippen molar-refractivity contribution in [1.82, 2.24) is 51.2 Å². The van der Waals surface area contributed by atoms with Crippen molar-refractivity contribution in [2.24, 2.45) is 0 Å². The Hall–Kier alpha value is -3.36. The Labute approximate surface area is 184 Å². The van der Waals surface area contributed by atoms with Gasteiger partial charge in [-0.15, -0.1) is 0 Å². The molecule has 0 amide bonds. The van der Waals surface area contributed by atoms with Crippen LogP contribution < -0.4 is 10.2 Å². The summed E-state index contributed by atoms with van der Waals surface area (Å²) in [7, 11) is 0. The molecule has 0 fully saturated rings. The van der Waals surface area contributed by atoms with Crippen LogP contribution in [0.15, 0.2) is 49.1 Å². The molecule has 18 N–H and O–H groups in total. The molecular formula is C12H26CuN10O8+2. The predicted octanol–water partition coefficient (Wildman–Crippen LogP) is -7.01. The Morgan fingerprint density at radius 3 is 1.03 bits per heavy atom. The van der Waals surface area contributed by atoms with Gasteiger partial charge in [-0.3, -0.25) is 30.6 Å². The Kier molecular flexibility index (Phi) is 36.7. The van der Waals surface area contributed by atoms with Gasteiger partial charge in [0.25, 0.3) is 0 Å². The van der Waals surface area contributed by atoms with Crippen LogP contribution >= 0.6 is 0 Å². The van der Waals surface area contributed by atoms with Crippen molar-refractivity contribution < 1.29 is 60.9 Å². The fraction of sp³-hybridized carbons (Fsp3) is 0. The fourth-order valence-corrected chi connectivity index (χ4v) is 1.52. The number of rotatable bonds is 2. The molecule has 0 unspecified atom stereocenters. The number of pyridine rings is 2. The van der Waals surface area contributed by atoms with E-state index in [1.165, 1.54) is 0 Å². The predicted molar refractivity (Wildman–Crippen MR) is 104 cm³/mol. The summed E-state index contributed by atoms with van der Waals surface area (Å²) in [6.07, 6.45) is 6.69. The normalized spacial score (nSPS) is 6.97. The standard InChI is InChI=1S/2C6H4N5.Cu.8H2O/c2*1-3-7-4-2-5(1)6-8-10-11-9-6;;;;;;;;;/h2*1-4H;;8*1H2/q2*-1;+2;;;;;;;;/p+2. The van der Waals surface area contributed by atoms with Crippen LogP contribution in [0.5, 0.6) is 0 Å². The molecule has 0 saturated heterocycles. The van der Waals surface area contributed by atoms with Crippen molar-refractivity contribution in [3.8, 4) is 22.8 Å². The van der Waals surface area contributed by atoms with Crippen LogP contribution in [0.3, 0.4) is 0 Å². The van der Waals surface area contributed by atoms with Crippen LogP contribution in [0.2, 0.25) is 0 Å². The van der Waals surface area contributed by atoms with Crippen molar-refractivity contribution in [3.05, 3.63) is 49.1 Å². The molecular weight excluding hydrogens is 476 g/mol. The summed E-state index contributed by atoms with van der Waals surface area (Å²) in [5, 5.41) is 28.2. The summed E-state index contributed by atoms with van der Waals surface area (Å²) < 4.78 is 0. The quantitative estimate of drug-likeness (QED) is 0.184. The number of hydrogen-bond donors (Lipinski definition) is 0. The van der Waals surface area contributed by atoms with Crippen molar-refractivity contribution in [3.63, 3.8) is 0 Å².